The number of rotatable bonds is 2. The first-order chi connectivity index (χ1) is 7.66. The minimum Gasteiger partial charge on any atom is -0.384 e. The number of hydrogen-bond donors (Lipinski definition) is 1. The van der Waals surface area contributed by atoms with Crippen LogP contribution in [0.5, 0.6) is 0 Å². The fraction of sp³-hybridized carbons (Fsp3) is 0.167. The predicted molar refractivity (Wildman–Crippen MR) is 62.3 cm³/mol. The lowest BCUT2D eigenvalue weighted by Gasteiger charge is -2.10. The zero-order chi connectivity index (χ0) is 11.5. The zero-order valence-corrected chi connectivity index (χ0v) is 9.52. The second kappa shape index (κ2) is 4.60. The summed E-state index contributed by atoms with van der Waals surface area (Å²) >= 11 is 5.68. The maximum absolute atomic E-state index is 10.1. The molecule has 1 atom stereocenters. The minimum atomic E-state index is -0.711. The summed E-state index contributed by atoms with van der Waals surface area (Å²) in [4.78, 5) is 7.98. The van der Waals surface area contributed by atoms with Crippen molar-refractivity contribution in [2.75, 3.05) is 0 Å². The lowest BCUT2D eigenvalue weighted by molar-refractivity contribution is 0.219. The predicted octanol–water partition coefficient (Wildman–Crippen LogP) is 2.52. The van der Waals surface area contributed by atoms with Crippen molar-refractivity contribution in [2.45, 2.75) is 13.0 Å². The number of halogens is 1. The van der Waals surface area contributed by atoms with Crippen molar-refractivity contribution in [2.24, 2.45) is 0 Å². The van der Waals surface area contributed by atoms with Crippen molar-refractivity contribution in [1.29, 1.82) is 0 Å². The summed E-state index contributed by atoms with van der Waals surface area (Å²) in [6.45, 7) is 1.93. The van der Waals surface area contributed by atoms with Crippen LogP contribution in [0.15, 0.2) is 36.8 Å². The Morgan fingerprint density at radius 3 is 2.62 bits per heavy atom. The Kier molecular flexibility index (Phi) is 3.17. The van der Waals surface area contributed by atoms with E-state index in [4.69, 9.17) is 11.6 Å². The highest BCUT2D eigenvalue weighted by atomic mass is 35.5. The van der Waals surface area contributed by atoms with Crippen LogP contribution in [0.3, 0.4) is 0 Å². The fourth-order valence-corrected chi connectivity index (χ4v) is 1.58. The molecule has 0 saturated heterocycles. The highest BCUT2D eigenvalue weighted by Gasteiger charge is 2.11. The fourth-order valence-electron chi connectivity index (χ4n) is 1.47. The number of aryl methyl sites for hydroxylation is 1. The van der Waals surface area contributed by atoms with Crippen LogP contribution < -0.4 is 0 Å². The van der Waals surface area contributed by atoms with E-state index < -0.39 is 6.10 Å². The number of hydrogen-bond acceptors (Lipinski definition) is 3. The van der Waals surface area contributed by atoms with E-state index in [1.807, 2.05) is 13.0 Å². The van der Waals surface area contributed by atoms with Gasteiger partial charge in [0.05, 0.1) is 0 Å². The highest BCUT2D eigenvalue weighted by Crippen LogP contribution is 2.21. The molecule has 0 amide bonds. The monoisotopic (exact) mass is 234 g/mol. The third-order valence-corrected chi connectivity index (χ3v) is 2.50. The lowest BCUT2D eigenvalue weighted by Crippen LogP contribution is -2.01. The van der Waals surface area contributed by atoms with Crippen LogP contribution in [0.1, 0.15) is 22.8 Å². The highest BCUT2D eigenvalue weighted by molar-refractivity contribution is 6.29. The van der Waals surface area contributed by atoms with Crippen LogP contribution in [0.2, 0.25) is 5.15 Å². The van der Waals surface area contributed by atoms with Crippen LogP contribution >= 0.6 is 11.6 Å². The quantitative estimate of drug-likeness (QED) is 0.813. The SMILES string of the molecule is Cc1cncc(C(O)c2ccc(Cl)nc2)c1. The van der Waals surface area contributed by atoms with Crippen molar-refractivity contribution in [3.05, 3.63) is 58.6 Å². The van der Waals surface area contributed by atoms with Gasteiger partial charge in [-0.1, -0.05) is 23.7 Å². The van der Waals surface area contributed by atoms with E-state index in [9.17, 15) is 5.11 Å². The van der Waals surface area contributed by atoms with Crippen molar-refractivity contribution >= 4 is 11.6 Å². The molecular weight excluding hydrogens is 224 g/mol. The standard InChI is InChI=1S/C12H11ClN2O/c1-8-4-10(6-14-5-8)12(16)9-2-3-11(13)15-7-9/h2-7,12,16H,1H3. The van der Waals surface area contributed by atoms with Crippen molar-refractivity contribution in [1.82, 2.24) is 9.97 Å². The van der Waals surface area contributed by atoms with E-state index in [1.165, 1.54) is 0 Å². The normalized spacial score (nSPS) is 12.4. The molecule has 1 unspecified atom stereocenters. The zero-order valence-electron chi connectivity index (χ0n) is 8.76. The number of pyridine rings is 2. The Bertz CT molecular complexity index is 485. The first-order valence-electron chi connectivity index (χ1n) is 4.88. The van der Waals surface area contributed by atoms with Crippen LogP contribution in [0, 0.1) is 6.92 Å². The number of aromatic nitrogens is 2. The first-order valence-corrected chi connectivity index (χ1v) is 5.25. The summed E-state index contributed by atoms with van der Waals surface area (Å²) in [7, 11) is 0. The smallest absolute Gasteiger partial charge is 0.129 e. The van der Waals surface area contributed by atoms with Gasteiger partial charge in [0.15, 0.2) is 0 Å². The summed E-state index contributed by atoms with van der Waals surface area (Å²) in [6, 6.07) is 5.30. The van der Waals surface area contributed by atoms with Gasteiger partial charge < -0.3 is 5.11 Å². The van der Waals surface area contributed by atoms with Crippen molar-refractivity contribution in [3.63, 3.8) is 0 Å². The van der Waals surface area contributed by atoms with E-state index in [-0.39, 0.29) is 0 Å². The van der Waals surface area contributed by atoms with Gasteiger partial charge in [0, 0.05) is 29.7 Å². The third-order valence-electron chi connectivity index (χ3n) is 2.28. The largest absolute Gasteiger partial charge is 0.384 e. The van der Waals surface area contributed by atoms with Crippen LogP contribution in [0.4, 0.5) is 0 Å². The third kappa shape index (κ3) is 2.38. The van der Waals surface area contributed by atoms with Crippen molar-refractivity contribution < 1.29 is 5.11 Å². The van der Waals surface area contributed by atoms with Crippen LogP contribution in [0.25, 0.3) is 0 Å². The molecule has 0 aliphatic rings. The first kappa shape index (κ1) is 11.0. The molecule has 82 valence electrons. The molecule has 2 aromatic rings. The summed E-state index contributed by atoms with van der Waals surface area (Å²) in [5.74, 6) is 0. The lowest BCUT2D eigenvalue weighted by atomic mass is 10.0. The van der Waals surface area contributed by atoms with Gasteiger partial charge in [-0.05, 0) is 18.6 Å². The number of aliphatic hydroxyl groups is 1. The average molecular weight is 235 g/mol. The van der Waals surface area contributed by atoms with Gasteiger partial charge in [0.1, 0.15) is 11.3 Å². The molecule has 0 aliphatic carbocycles. The molecule has 0 saturated carbocycles. The summed E-state index contributed by atoms with van der Waals surface area (Å²) < 4.78 is 0. The Labute approximate surface area is 98.8 Å². The second-order valence-electron chi connectivity index (χ2n) is 3.61. The van der Waals surface area contributed by atoms with Gasteiger partial charge in [0.25, 0.3) is 0 Å². The maximum Gasteiger partial charge on any atom is 0.129 e. The molecule has 0 bridgehead atoms. The number of nitrogens with zero attached hydrogens (tertiary/aromatic N) is 2. The molecule has 0 aliphatic heterocycles. The Hall–Kier alpha value is -1.45. The molecule has 0 aromatic carbocycles. The van der Waals surface area contributed by atoms with Gasteiger partial charge in [0.2, 0.25) is 0 Å². The molecule has 2 rings (SSSR count). The van der Waals surface area contributed by atoms with E-state index >= 15 is 0 Å². The molecule has 2 heterocycles. The van der Waals surface area contributed by atoms with Gasteiger partial charge >= 0.3 is 0 Å². The van der Waals surface area contributed by atoms with E-state index in [1.54, 1.807) is 30.7 Å². The molecule has 0 radical (unpaired) electrons. The maximum atomic E-state index is 10.1. The van der Waals surface area contributed by atoms with Gasteiger partial charge in [-0.3, -0.25) is 4.98 Å². The van der Waals surface area contributed by atoms with Crippen LogP contribution in [-0.2, 0) is 0 Å². The molecular formula is C12H11ClN2O. The van der Waals surface area contributed by atoms with E-state index in [0.717, 1.165) is 11.1 Å². The van der Waals surface area contributed by atoms with Gasteiger partial charge in [-0.2, -0.15) is 0 Å². The minimum absolute atomic E-state index is 0.415. The van der Waals surface area contributed by atoms with E-state index in [2.05, 4.69) is 9.97 Å². The van der Waals surface area contributed by atoms with Gasteiger partial charge in [-0.25, -0.2) is 4.98 Å². The molecule has 16 heavy (non-hydrogen) atoms. The van der Waals surface area contributed by atoms with Crippen molar-refractivity contribution in [3.8, 4) is 0 Å². The molecule has 0 spiro atoms. The molecule has 0 fully saturated rings. The molecule has 2 aromatic heterocycles. The average Bonchev–Trinajstić information content (AvgIpc) is 2.29. The Balaban J connectivity index is 2.31. The van der Waals surface area contributed by atoms with Crippen LogP contribution in [-0.4, -0.2) is 15.1 Å². The topological polar surface area (TPSA) is 46.0 Å². The molecule has 3 nitrogen and oxygen atoms in total. The van der Waals surface area contributed by atoms with E-state index in [0.29, 0.717) is 10.7 Å². The second-order valence-corrected chi connectivity index (χ2v) is 4.00. The molecule has 4 heteroatoms. The summed E-state index contributed by atoms with van der Waals surface area (Å²) in [5, 5.41) is 10.5. The molecule has 1 N–H and O–H groups in total. The Morgan fingerprint density at radius 2 is 2.00 bits per heavy atom. The van der Waals surface area contributed by atoms with Gasteiger partial charge in [-0.15, -0.1) is 0 Å². The Morgan fingerprint density at radius 1 is 1.19 bits per heavy atom. The summed E-state index contributed by atoms with van der Waals surface area (Å²) in [6.07, 6.45) is 4.25. The number of aliphatic hydroxyl groups excluding tert-OH is 1. The summed E-state index contributed by atoms with van der Waals surface area (Å²) in [5.41, 5.74) is 2.47.